The lowest BCUT2D eigenvalue weighted by molar-refractivity contribution is 0.0696. The second kappa shape index (κ2) is 4.53. The molecule has 0 atom stereocenters. The van der Waals surface area contributed by atoms with E-state index in [2.05, 4.69) is 38.7 Å². The fraction of sp³-hybridized carbons (Fsp3) is 0.286. The number of nitrogens with zero attached hydrogens (tertiary/aromatic N) is 1. The Kier molecular flexibility index (Phi) is 3.22. The van der Waals surface area contributed by atoms with Crippen molar-refractivity contribution in [2.45, 2.75) is 27.7 Å². The molecule has 18 heavy (non-hydrogen) atoms. The third-order valence-corrected chi connectivity index (χ3v) is 4.14. The molecule has 1 aromatic carbocycles. The summed E-state index contributed by atoms with van der Waals surface area (Å²) in [6.45, 7) is 8.24. The number of carboxylic acids is 1. The van der Waals surface area contributed by atoms with E-state index in [0.717, 1.165) is 11.3 Å². The summed E-state index contributed by atoms with van der Waals surface area (Å²) in [5.41, 5.74) is 6.58. The van der Waals surface area contributed by atoms with Crippen molar-refractivity contribution in [1.29, 1.82) is 0 Å². The first kappa shape index (κ1) is 12.8. The Morgan fingerprint density at radius 3 is 2.17 bits per heavy atom. The van der Waals surface area contributed by atoms with Gasteiger partial charge in [0.05, 0.1) is 5.69 Å². The maximum atomic E-state index is 10.9. The van der Waals surface area contributed by atoms with Gasteiger partial charge in [0.2, 0.25) is 5.01 Å². The third kappa shape index (κ3) is 2.04. The van der Waals surface area contributed by atoms with E-state index in [4.69, 9.17) is 5.11 Å². The van der Waals surface area contributed by atoms with Crippen LogP contribution in [0.5, 0.6) is 0 Å². The first-order valence-corrected chi connectivity index (χ1v) is 6.56. The van der Waals surface area contributed by atoms with Gasteiger partial charge in [-0.25, -0.2) is 9.78 Å². The second-order valence-corrected chi connectivity index (χ2v) is 5.34. The Bertz CT molecular complexity index is 603. The predicted molar refractivity (Wildman–Crippen MR) is 73.5 cm³/mol. The fourth-order valence-corrected chi connectivity index (χ4v) is 2.73. The Morgan fingerprint density at radius 2 is 1.72 bits per heavy atom. The summed E-state index contributed by atoms with van der Waals surface area (Å²) < 4.78 is 0. The van der Waals surface area contributed by atoms with Crippen molar-refractivity contribution in [3.05, 3.63) is 38.7 Å². The molecular formula is C14H15NO2S. The lowest BCUT2D eigenvalue weighted by atomic mass is 9.93. The SMILES string of the molecule is Cc1cc(C)c(C)c(-c2csc(C(=O)O)n2)c1C. The van der Waals surface area contributed by atoms with Crippen LogP contribution < -0.4 is 0 Å². The number of hydrogen-bond donors (Lipinski definition) is 1. The molecule has 0 unspecified atom stereocenters. The van der Waals surface area contributed by atoms with Gasteiger partial charge in [0.25, 0.3) is 0 Å². The Labute approximate surface area is 110 Å². The highest BCUT2D eigenvalue weighted by Gasteiger charge is 2.15. The molecule has 1 N–H and O–H groups in total. The summed E-state index contributed by atoms with van der Waals surface area (Å²) in [6, 6.07) is 2.15. The van der Waals surface area contributed by atoms with Crippen LogP contribution in [0.25, 0.3) is 11.3 Å². The van der Waals surface area contributed by atoms with Gasteiger partial charge in [-0.2, -0.15) is 0 Å². The number of thiazole rings is 1. The van der Waals surface area contributed by atoms with Gasteiger partial charge in [-0.15, -0.1) is 11.3 Å². The van der Waals surface area contributed by atoms with Crippen molar-refractivity contribution in [3.63, 3.8) is 0 Å². The molecule has 2 aromatic rings. The normalized spacial score (nSPS) is 10.7. The largest absolute Gasteiger partial charge is 0.476 e. The molecule has 0 saturated carbocycles. The van der Waals surface area contributed by atoms with E-state index in [1.807, 2.05) is 5.38 Å². The molecule has 0 aliphatic carbocycles. The minimum atomic E-state index is -0.967. The molecule has 1 aromatic heterocycles. The summed E-state index contributed by atoms with van der Waals surface area (Å²) in [6.07, 6.45) is 0. The van der Waals surface area contributed by atoms with Gasteiger partial charge in [-0.1, -0.05) is 6.07 Å². The maximum Gasteiger partial charge on any atom is 0.365 e. The van der Waals surface area contributed by atoms with Crippen molar-refractivity contribution in [1.82, 2.24) is 4.98 Å². The van der Waals surface area contributed by atoms with Crippen LogP contribution in [0.3, 0.4) is 0 Å². The fourth-order valence-electron chi connectivity index (χ4n) is 2.09. The van der Waals surface area contributed by atoms with Gasteiger partial charge in [-0.05, 0) is 49.9 Å². The van der Waals surface area contributed by atoms with E-state index < -0.39 is 5.97 Å². The van der Waals surface area contributed by atoms with Gasteiger partial charge < -0.3 is 5.11 Å². The van der Waals surface area contributed by atoms with Crippen LogP contribution in [0, 0.1) is 27.7 Å². The van der Waals surface area contributed by atoms with Crippen molar-refractivity contribution in [3.8, 4) is 11.3 Å². The number of aryl methyl sites for hydroxylation is 2. The van der Waals surface area contributed by atoms with Crippen LogP contribution in [0.1, 0.15) is 32.1 Å². The minimum absolute atomic E-state index is 0.142. The Hall–Kier alpha value is -1.68. The molecule has 1 heterocycles. The van der Waals surface area contributed by atoms with E-state index in [9.17, 15) is 4.79 Å². The van der Waals surface area contributed by atoms with E-state index in [0.29, 0.717) is 0 Å². The second-order valence-electron chi connectivity index (χ2n) is 4.48. The summed E-state index contributed by atoms with van der Waals surface area (Å²) in [5, 5.41) is 10.9. The van der Waals surface area contributed by atoms with E-state index in [1.54, 1.807) is 0 Å². The number of aromatic carboxylic acids is 1. The van der Waals surface area contributed by atoms with E-state index in [1.165, 1.54) is 33.6 Å². The predicted octanol–water partition coefficient (Wildman–Crippen LogP) is 3.74. The summed E-state index contributed by atoms with van der Waals surface area (Å²) in [4.78, 5) is 15.1. The van der Waals surface area contributed by atoms with Gasteiger partial charge in [0.1, 0.15) is 0 Å². The van der Waals surface area contributed by atoms with Crippen LogP contribution in [-0.2, 0) is 0 Å². The smallest absolute Gasteiger partial charge is 0.365 e. The molecule has 94 valence electrons. The van der Waals surface area contributed by atoms with Crippen molar-refractivity contribution < 1.29 is 9.90 Å². The van der Waals surface area contributed by atoms with Crippen molar-refractivity contribution >= 4 is 17.3 Å². The van der Waals surface area contributed by atoms with E-state index in [-0.39, 0.29) is 5.01 Å². The van der Waals surface area contributed by atoms with Crippen LogP contribution in [0.4, 0.5) is 0 Å². The molecule has 2 rings (SSSR count). The maximum absolute atomic E-state index is 10.9. The highest BCUT2D eigenvalue weighted by atomic mass is 32.1. The Morgan fingerprint density at radius 1 is 1.17 bits per heavy atom. The molecule has 0 radical (unpaired) electrons. The average Bonchev–Trinajstić information content (AvgIpc) is 2.76. The Balaban J connectivity index is 2.66. The average molecular weight is 261 g/mol. The quantitative estimate of drug-likeness (QED) is 0.895. The molecule has 4 heteroatoms. The minimum Gasteiger partial charge on any atom is -0.476 e. The van der Waals surface area contributed by atoms with Gasteiger partial charge in [0, 0.05) is 10.9 Å². The molecule has 0 spiro atoms. The number of carbonyl (C=O) groups is 1. The lowest BCUT2D eigenvalue weighted by Crippen LogP contribution is -1.97. The molecule has 0 saturated heterocycles. The van der Waals surface area contributed by atoms with Crippen LogP contribution >= 0.6 is 11.3 Å². The topological polar surface area (TPSA) is 50.2 Å². The third-order valence-electron chi connectivity index (χ3n) is 3.31. The van der Waals surface area contributed by atoms with Gasteiger partial charge >= 0.3 is 5.97 Å². The summed E-state index contributed by atoms with van der Waals surface area (Å²) in [5.74, 6) is -0.967. The van der Waals surface area contributed by atoms with Gasteiger partial charge in [-0.3, -0.25) is 0 Å². The molecule has 3 nitrogen and oxygen atoms in total. The number of rotatable bonds is 2. The standard InChI is InChI=1S/C14H15NO2S/c1-7-5-8(2)10(4)12(9(7)3)11-6-18-13(15-11)14(16)17/h5-6H,1-4H3,(H,16,17). The van der Waals surface area contributed by atoms with Gasteiger partial charge in [0.15, 0.2) is 0 Å². The summed E-state index contributed by atoms with van der Waals surface area (Å²) in [7, 11) is 0. The first-order valence-electron chi connectivity index (χ1n) is 5.68. The summed E-state index contributed by atoms with van der Waals surface area (Å²) >= 11 is 1.17. The highest BCUT2D eigenvalue weighted by Crippen LogP contribution is 2.32. The number of carboxylic acid groups (broad SMARTS) is 1. The molecule has 0 aliphatic rings. The number of hydrogen-bond acceptors (Lipinski definition) is 3. The number of aromatic nitrogens is 1. The van der Waals surface area contributed by atoms with Crippen LogP contribution in [-0.4, -0.2) is 16.1 Å². The van der Waals surface area contributed by atoms with Crippen LogP contribution in [0.15, 0.2) is 11.4 Å². The van der Waals surface area contributed by atoms with Crippen LogP contribution in [0.2, 0.25) is 0 Å². The van der Waals surface area contributed by atoms with Crippen molar-refractivity contribution in [2.24, 2.45) is 0 Å². The molecule has 0 amide bonds. The zero-order valence-electron chi connectivity index (χ0n) is 10.9. The number of benzene rings is 1. The van der Waals surface area contributed by atoms with E-state index >= 15 is 0 Å². The monoisotopic (exact) mass is 261 g/mol. The van der Waals surface area contributed by atoms with Crippen molar-refractivity contribution in [2.75, 3.05) is 0 Å². The molecular weight excluding hydrogens is 246 g/mol. The molecule has 0 aliphatic heterocycles. The molecule has 0 bridgehead atoms. The highest BCUT2D eigenvalue weighted by molar-refractivity contribution is 7.11. The zero-order valence-corrected chi connectivity index (χ0v) is 11.7. The zero-order chi connectivity index (χ0) is 13.4. The lowest BCUT2D eigenvalue weighted by Gasteiger charge is -2.13. The first-order chi connectivity index (χ1) is 8.41. The molecule has 0 fully saturated rings.